The van der Waals surface area contributed by atoms with Crippen molar-refractivity contribution in [2.75, 3.05) is 13.1 Å². The van der Waals surface area contributed by atoms with Crippen LogP contribution in [0.4, 0.5) is 0 Å². The number of hydrogen-bond acceptors (Lipinski definition) is 2. The highest BCUT2D eigenvalue weighted by atomic mass is 16.3. The first-order chi connectivity index (χ1) is 6.71. The fraction of sp³-hybridized carbons (Fsp3) is 1.00. The number of aliphatic hydroxyl groups is 1. The summed E-state index contributed by atoms with van der Waals surface area (Å²) >= 11 is 0. The molecule has 0 spiro atoms. The molecule has 0 aromatic heterocycles. The van der Waals surface area contributed by atoms with Crippen molar-refractivity contribution in [3.05, 3.63) is 0 Å². The number of piperidine rings is 1. The first-order valence-electron chi connectivity index (χ1n) is 6.18. The lowest BCUT2D eigenvalue weighted by Crippen LogP contribution is -2.52. The van der Waals surface area contributed by atoms with Crippen molar-refractivity contribution in [2.24, 2.45) is 5.92 Å². The molecule has 0 amide bonds. The van der Waals surface area contributed by atoms with E-state index in [2.05, 4.69) is 11.8 Å². The molecule has 2 fully saturated rings. The molecule has 2 heteroatoms. The normalized spacial score (nSPS) is 30.4. The molecule has 1 aliphatic heterocycles. The average molecular weight is 197 g/mol. The van der Waals surface area contributed by atoms with Gasteiger partial charge in [-0.3, -0.25) is 4.90 Å². The molecule has 82 valence electrons. The molecule has 0 bridgehead atoms. The van der Waals surface area contributed by atoms with Crippen LogP contribution in [0.1, 0.15) is 51.9 Å². The van der Waals surface area contributed by atoms with Crippen LogP contribution < -0.4 is 0 Å². The highest BCUT2D eigenvalue weighted by Crippen LogP contribution is 2.33. The summed E-state index contributed by atoms with van der Waals surface area (Å²) in [6.45, 7) is 4.54. The Morgan fingerprint density at radius 1 is 1.07 bits per heavy atom. The summed E-state index contributed by atoms with van der Waals surface area (Å²) in [5.41, 5.74) is -0.432. The SMILES string of the molecule is CC1CCN(C2(O)CCCCC2)CC1. The van der Waals surface area contributed by atoms with Crippen LogP contribution in [0.3, 0.4) is 0 Å². The van der Waals surface area contributed by atoms with E-state index in [0.29, 0.717) is 0 Å². The molecule has 0 aromatic rings. The third kappa shape index (κ3) is 2.12. The monoisotopic (exact) mass is 197 g/mol. The first kappa shape index (κ1) is 10.4. The molecule has 14 heavy (non-hydrogen) atoms. The predicted octanol–water partition coefficient (Wildman–Crippen LogP) is 2.37. The van der Waals surface area contributed by atoms with Gasteiger partial charge >= 0.3 is 0 Å². The summed E-state index contributed by atoms with van der Waals surface area (Å²) in [4.78, 5) is 2.34. The lowest BCUT2D eigenvalue weighted by Gasteiger charge is -2.45. The molecule has 0 unspecified atom stereocenters. The standard InChI is InChI=1S/C12H23NO/c1-11-5-9-13(10-6-11)12(14)7-3-2-4-8-12/h11,14H,2-10H2,1H3. The minimum absolute atomic E-state index is 0.432. The average Bonchev–Trinajstić information content (AvgIpc) is 2.19. The van der Waals surface area contributed by atoms with Gasteiger partial charge in [0.1, 0.15) is 5.72 Å². The molecule has 0 atom stereocenters. The topological polar surface area (TPSA) is 23.5 Å². The summed E-state index contributed by atoms with van der Waals surface area (Å²) in [7, 11) is 0. The zero-order valence-electron chi connectivity index (χ0n) is 9.34. The number of hydrogen-bond donors (Lipinski definition) is 1. The molecule has 1 saturated carbocycles. The third-order valence-corrected chi connectivity index (χ3v) is 4.03. The van der Waals surface area contributed by atoms with Crippen LogP contribution >= 0.6 is 0 Å². The molecule has 1 aliphatic carbocycles. The third-order valence-electron chi connectivity index (χ3n) is 4.03. The van der Waals surface area contributed by atoms with Crippen LogP contribution in [0.2, 0.25) is 0 Å². The van der Waals surface area contributed by atoms with Crippen molar-refractivity contribution in [3.63, 3.8) is 0 Å². The van der Waals surface area contributed by atoms with E-state index >= 15 is 0 Å². The quantitative estimate of drug-likeness (QED) is 0.697. The highest BCUT2D eigenvalue weighted by molar-refractivity contribution is 4.85. The smallest absolute Gasteiger partial charge is 0.118 e. The van der Waals surface area contributed by atoms with E-state index in [-0.39, 0.29) is 0 Å². The maximum Gasteiger partial charge on any atom is 0.118 e. The van der Waals surface area contributed by atoms with Gasteiger partial charge in [0, 0.05) is 13.1 Å². The largest absolute Gasteiger partial charge is 0.376 e. The van der Waals surface area contributed by atoms with E-state index in [1.165, 1.54) is 32.1 Å². The van der Waals surface area contributed by atoms with Crippen LogP contribution in [-0.2, 0) is 0 Å². The zero-order valence-corrected chi connectivity index (χ0v) is 9.34. The molecule has 1 heterocycles. The van der Waals surface area contributed by atoms with E-state index in [1.807, 2.05) is 0 Å². The van der Waals surface area contributed by atoms with Gasteiger partial charge in [-0.15, -0.1) is 0 Å². The van der Waals surface area contributed by atoms with E-state index in [9.17, 15) is 5.11 Å². The Bertz CT molecular complexity index is 179. The lowest BCUT2D eigenvalue weighted by atomic mass is 9.88. The fourth-order valence-electron chi connectivity index (χ4n) is 2.86. The van der Waals surface area contributed by atoms with Crippen molar-refractivity contribution in [1.29, 1.82) is 0 Å². The fourth-order valence-corrected chi connectivity index (χ4v) is 2.86. The van der Waals surface area contributed by atoms with Crippen LogP contribution in [-0.4, -0.2) is 28.8 Å². The first-order valence-corrected chi connectivity index (χ1v) is 6.18. The number of nitrogens with zero attached hydrogens (tertiary/aromatic N) is 1. The highest BCUT2D eigenvalue weighted by Gasteiger charge is 2.36. The zero-order chi connectivity index (χ0) is 10.0. The van der Waals surface area contributed by atoms with E-state index in [4.69, 9.17) is 0 Å². The van der Waals surface area contributed by atoms with E-state index in [0.717, 1.165) is 31.8 Å². The summed E-state index contributed by atoms with van der Waals surface area (Å²) in [5, 5.41) is 10.5. The van der Waals surface area contributed by atoms with Gasteiger partial charge in [-0.25, -0.2) is 0 Å². The second kappa shape index (κ2) is 4.19. The van der Waals surface area contributed by atoms with Crippen molar-refractivity contribution in [2.45, 2.75) is 57.6 Å². The maximum atomic E-state index is 10.5. The Labute approximate surface area is 87.3 Å². The summed E-state index contributed by atoms with van der Waals surface area (Å²) in [5.74, 6) is 0.860. The van der Waals surface area contributed by atoms with Gasteiger partial charge in [0.05, 0.1) is 0 Å². The van der Waals surface area contributed by atoms with Gasteiger partial charge in [-0.05, 0) is 44.4 Å². The number of rotatable bonds is 1. The van der Waals surface area contributed by atoms with Gasteiger partial charge < -0.3 is 5.11 Å². The van der Waals surface area contributed by atoms with E-state index < -0.39 is 5.72 Å². The summed E-state index contributed by atoms with van der Waals surface area (Å²) in [6.07, 6.45) is 8.27. The van der Waals surface area contributed by atoms with Crippen molar-refractivity contribution in [3.8, 4) is 0 Å². The Balaban J connectivity index is 1.92. The van der Waals surface area contributed by atoms with Gasteiger partial charge in [0.2, 0.25) is 0 Å². The van der Waals surface area contributed by atoms with Crippen molar-refractivity contribution < 1.29 is 5.11 Å². The predicted molar refractivity (Wildman–Crippen MR) is 58.0 cm³/mol. The van der Waals surface area contributed by atoms with Crippen molar-refractivity contribution >= 4 is 0 Å². The van der Waals surface area contributed by atoms with Crippen LogP contribution in [0, 0.1) is 5.92 Å². The van der Waals surface area contributed by atoms with Crippen LogP contribution in [0.15, 0.2) is 0 Å². The Kier molecular flexibility index (Phi) is 3.13. The molecule has 1 N–H and O–H groups in total. The van der Waals surface area contributed by atoms with Crippen molar-refractivity contribution in [1.82, 2.24) is 4.90 Å². The lowest BCUT2D eigenvalue weighted by molar-refractivity contribution is -0.141. The summed E-state index contributed by atoms with van der Waals surface area (Å²) in [6, 6.07) is 0. The summed E-state index contributed by atoms with van der Waals surface area (Å²) < 4.78 is 0. The molecule has 0 aromatic carbocycles. The molecule has 0 radical (unpaired) electrons. The van der Waals surface area contributed by atoms with Crippen LogP contribution in [0.5, 0.6) is 0 Å². The van der Waals surface area contributed by atoms with Gasteiger partial charge in [0.15, 0.2) is 0 Å². The molecule has 2 aliphatic rings. The van der Waals surface area contributed by atoms with Crippen LogP contribution in [0.25, 0.3) is 0 Å². The second-order valence-corrected chi connectivity index (χ2v) is 5.21. The molecule has 2 rings (SSSR count). The number of likely N-dealkylation sites (tertiary alicyclic amines) is 1. The Morgan fingerprint density at radius 3 is 2.21 bits per heavy atom. The Morgan fingerprint density at radius 2 is 1.64 bits per heavy atom. The molecular weight excluding hydrogens is 174 g/mol. The van der Waals surface area contributed by atoms with Gasteiger partial charge in [-0.2, -0.15) is 0 Å². The van der Waals surface area contributed by atoms with Gasteiger partial charge in [0.25, 0.3) is 0 Å². The Hall–Kier alpha value is -0.0800. The molecular formula is C12H23NO. The minimum atomic E-state index is -0.432. The molecule has 1 saturated heterocycles. The maximum absolute atomic E-state index is 10.5. The molecule has 2 nitrogen and oxygen atoms in total. The van der Waals surface area contributed by atoms with E-state index in [1.54, 1.807) is 0 Å². The second-order valence-electron chi connectivity index (χ2n) is 5.21. The van der Waals surface area contributed by atoms with Gasteiger partial charge in [-0.1, -0.05) is 13.3 Å². The minimum Gasteiger partial charge on any atom is -0.376 e.